The monoisotopic (exact) mass is 352 g/mol. The van der Waals surface area contributed by atoms with E-state index in [-0.39, 0.29) is 17.4 Å². The van der Waals surface area contributed by atoms with Crippen molar-refractivity contribution in [2.24, 2.45) is 0 Å². The van der Waals surface area contributed by atoms with Crippen LogP contribution in [0.5, 0.6) is 0 Å². The Morgan fingerprint density at radius 1 is 1.15 bits per heavy atom. The minimum absolute atomic E-state index is 0.00712. The summed E-state index contributed by atoms with van der Waals surface area (Å²) in [5.74, 6) is -1.37. The van der Waals surface area contributed by atoms with E-state index in [4.69, 9.17) is 4.42 Å². The van der Waals surface area contributed by atoms with Gasteiger partial charge in [0, 0.05) is 12.2 Å². The molecule has 1 saturated carbocycles. The fourth-order valence-electron chi connectivity index (χ4n) is 3.96. The number of hydrogen-bond donors (Lipinski definition) is 1. The first-order chi connectivity index (χ1) is 12.7. The molecule has 1 aliphatic carbocycles. The Morgan fingerprint density at radius 3 is 2.62 bits per heavy atom. The van der Waals surface area contributed by atoms with Gasteiger partial charge in [0.05, 0.1) is 17.5 Å². The predicted octanol–water partition coefficient (Wildman–Crippen LogP) is 3.59. The molecule has 6 heteroatoms. The number of carbonyl (C=O) groups excluding carboxylic acids is 2. The second kappa shape index (κ2) is 6.78. The van der Waals surface area contributed by atoms with Crippen molar-refractivity contribution >= 4 is 11.7 Å². The van der Waals surface area contributed by atoms with Gasteiger partial charge >= 0.3 is 0 Å². The molecule has 0 spiro atoms. The SMILES string of the molecule is O=C(C1=C(O)C(=O)N(C2CCCCC2)C1c1ccccn1)c1ccco1. The maximum Gasteiger partial charge on any atom is 0.290 e. The van der Waals surface area contributed by atoms with Crippen molar-refractivity contribution in [2.45, 2.75) is 44.2 Å². The Hall–Kier alpha value is -2.89. The van der Waals surface area contributed by atoms with Gasteiger partial charge in [-0.2, -0.15) is 0 Å². The third-order valence-corrected chi connectivity index (χ3v) is 5.17. The quantitative estimate of drug-likeness (QED) is 0.850. The van der Waals surface area contributed by atoms with E-state index in [0.29, 0.717) is 5.69 Å². The van der Waals surface area contributed by atoms with Gasteiger partial charge in [0.15, 0.2) is 11.5 Å². The van der Waals surface area contributed by atoms with Gasteiger partial charge in [-0.05, 0) is 37.1 Å². The van der Waals surface area contributed by atoms with E-state index in [1.54, 1.807) is 29.3 Å². The molecule has 0 radical (unpaired) electrons. The van der Waals surface area contributed by atoms with E-state index in [0.717, 1.165) is 32.1 Å². The van der Waals surface area contributed by atoms with Crippen molar-refractivity contribution in [3.05, 3.63) is 65.6 Å². The summed E-state index contributed by atoms with van der Waals surface area (Å²) in [7, 11) is 0. The summed E-state index contributed by atoms with van der Waals surface area (Å²) in [6.45, 7) is 0. The second-order valence-electron chi connectivity index (χ2n) is 6.73. The highest BCUT2D eigenvalue weighted by Gasteiger charge is 2.47. The average molecular weight is 352 g/mol. The molecule has 0 saturated heterocycles. The van der Waals surface area contributed by atoms with Gasteiger partial charge in [-0.15, -0.1) is 0 Å². The number of rotatable bonds is 4. The molecule has 1 aliphatic heterocycles. The van der Waals surface area contributed by atoms with Crippen LogP contribution in [-0.4, -0.2) is 32.7 Å². The molecule has 0 aromatic carbocycles. The number of ketones is 1. The zero-order valence-electron chi connectivity index (χ0n) is 14.3. The normalized spacial score (nSPS) is 21.5. The summed E-state index contributed by atoms with van der Waals surface area (Å²) in [6, 6.07) is 7.82. The number of hydrogen-bond acceptors (Lipinski definition) is 5. The number of aliphatic hydroxyl groups is 1. The molecule has 1 N–H and O–H groups in total. The third-order valence-electron chi connectivity index (χ3n) is 5.17. The van der Waals surface area contributed by atoms with Crippen molar-refractivity contribution in [2.75, 3.05) is 0 Å². The topological polar surface area (TPSA) is 83.6 Å². The van der Waals surface area contributed by atoms with Crippen molar-refractivity contribution in [1.29, 1.82) is 0 Å². The highest BCUT2D eigenvalue weighted by molar-refractivity contribution is 6.15. The Bertz CT molecular complexity index is 836. The van der Waals surface area contributed by atoms with Gasteiger partial charge in [0.2, 0.25) is 5.78 Å². The van der Waals surface area contributed by atoms with Crippen LogP contribution in [0.4, 0.5) is 0 Å². The molecule has 2 aromatic rings. The number of pyridine rings is 1. The van der Waals surface area contributed by atoms with E-state index in [2.05, 4.69) is 4.98 Å². The van der Waals surface area contributed by atoms with Crippen LogP contribution in [0.25, 0.3) is 0 Å². The van der Waals surface area contributed by atoms with Crippen LogP contribution in [0.3, 0.4) is 0 Å². The summed E-state index contributed by atoms with van der Waals surface area (Å²) < 4.78 is 5.21. The molecule has 134 valence electrons. The fraction of sp³-hybridized carbons (Fsp3) is 0.350. The number of aromatic nitrogens is 1. The van der Waals surface area contributed by atoms with E-state index in [9.17, 15) is 14.7 Å². The van der Waals surface area contributed by atoms with Gasteiger partial charge in [-0.1, -0.05) is 25.3 Å². The highest BCUT2D eigenvalue weighted by Crippen LogP contribution is 2.42. The maximum atomic E-state index is 13.0. The molecular formula is C20H20N2O4. The zero-order chi connectivity index (χ0) is 18.1. The van der Waals surface area contributed by atoms with Crippen LogP contribution < -0.4 is 0 Å². The number of amides is 1. The lowest BCUT2D eigenvalue weighted by molar-refractivity contribution is -0.132. The summed E-state index contributed by atoms with van der Waals surface area (Å²) in [4.78, 5) is 31.9. The Kier molecular flexibility index (Phi) is 4.32. The number of Topliss-reactive ketones (excluding diaryl/α,β-unsaturated/α-hetero) is 1. The van der Waals surface area contributed by atoms with Gasteiger partial charge in [-0.25, -0.2) is 0 Å². The lowest BCUT2D eigenvalue weighted by Crippen LogP contribution is -2.41. The first-order valence-electron chi connectivity index (χ1n) is 8.93. The van der Waals surface area contributed by atoms with Gasteiger partial charge < -0.3 is 14.4 Å². The second-order valence-corrected chi connectivity index (χ2v) is 6.73. The number of aliphatic hydroxyl groups excluding tert-OH is 1. The van der Waals surface area contributed by atoms with Crippen molar-refractivity contribution in [3.8, 4) is 0 Å². The van der Waals surface area contributed by atoms with Crippen LogP contribution in [0, 0.1) is 0 Å². The van der Waals surface area contributed by atoms with Crippen LogP contribution in [0.1, 0.15) is 54.4 Å². The van der Waals surface area contributed by atoms with Crippen LogP contribution in [0.15, 0.2) is 58.5 Å². The average Bonchev–Trinajstić information content (AvgIpc) is 3.31. The van der Waals surface area contributed by atoms with Crippen molar-refractivity contribution in [3.63, 3.8) is 0 Å². The summed E-state index contributed by atoms with van der Waals surface area (Å²) in [5, 5.41) is 10.6. The highest BCUT2D eigenvalue weighted by atomic mass is 16.3. The maximum absolute atomic E-state index is 13.0. The van der Waals surface area contributed by atoms with Crippen molar-refractivity contribution < 1.29 is 19.1 Å². The molecule has 3 heterocycles. The number of nitrogens with zero attached hydrogens (tertiary/aromatic N) is 2. The van der Waals surface area contributed by atoms with Crippen LogP contribution >= 0.6 is 0 Å². The van der Waals surface area contributed by atoms with Gasteiger partial charge in [0.25, 0.3) is 5.91 Å². The third kappa shape index (κ3) is 2.71. The molecule has 6 nitrogen and oxygen atoms in total. The van der Waals surface area contributed by atoms with E-state index < -0.39 is 23.5 Å². The Labute approximate surface area is 151 Å². The van der Waals surface area contributed by atoms with Crippen LogP contribution in [-0.2, 0) is 4.79 Å². The zero-order valence-corrected chi connectivity index (χ0v) is 14.3. The Morgan fingerprint density at radius 2 is 1.96 bits per heavy atom. The van der Waals surface area contributed by atoms with E-state index in [1.165, 1.54) is 12.3 Å². The Balaban J connectivity index is 1.80. The molecule has 1 fully saturated rings. The molecule has 1 amide bonds. The first kappa shape index (κ1) is 16.6. The lowest BCUT2D eigenvalue weighted by Gasteiger charge is -2.36. The first-order valence-corrected chi connectivity index (χ1v) is 8.93. The van der Waals surface area contributed by atoms with Gasteiger partial charge in [-0.3, -0.25) is 14.6 Å². The lowest BCUT2D eigenvalue weighted by atomic mass is 9.91. The van der Waals surface area contributed by atoms with Crippen molar-refractivity contribution in [1.82, 2.24) is 9.88 Å². The summed E-state index contributed by atoms with van der Waals surface area (Å²) in [6.07, 6.45) is 7.97. The van der Waals surface area contributed by atoms with E-state index >= 15 is 0 Å². The van der Waals surface area contributed by atoms with Crippen LogP contribution in [0.2, 0.25) is 0 Å². The fourth-order valence-corrected chi connectivity index (χ4v) is 3.96. The smallest absolute Gasteiger partial charge is 0.290 e. The summed E-state index contributed by atoms with van der Waals surface area (Å²) >= 11 is 0. The molecule has 1 atom stereocenters. The molecule has 0 bridgehead atoms. The largest absolute Gasteiger partial charge is 0.503 e. The number of furan rings is 1. The molecule has 1 unspecified atom stereocenters. The predicted molar refractivity (Wildman–Crippen MR) is 93.4 cm³/mol. The minimum atomic E-state index is -0.690. The molecule has 26 heavy (non-hydrogen) atoms. The summed E-state index contributed by atoms with van der Waals surface area (Å²) in [5.41, 5.74) is 0.625. The van der Waals surface area contributed by atoms with E-state index in [1.807, 2.05) is 6.07 Å². The molecule has 4 rings (SSSR count). The number of carbonyl (C=O) groups is 2. The molecule has 2 aliphatic rings. The molecule has 2 aromatic heterocycles. The standard InChI is InChI=1S/C20H20N2O4/c23-18(15-10-6-12-26-15)16-17(14-9-4-5-11-21-14)22(20(25)19(16)24)13-7-2-1-3-8-13/h4-6,9-13,17,24H,1-3,7-8H2. The molecular weight excluding hydrogens is 332 g/mol. The van der Waals surface area contributed by atoms with Gasteiger partial charge in [0.1, 0.15) is 6.04 Å². The minimum Gasteiger partial charge on any atom is -0.503 e.